The smallest absolute Gasteiger partial charge is 0.410 e. The first-order valence-corrected chi connectivity index (χ1v) is 17.4. The van der Waals surface area contributed by atoms with Gasteiger partial charge in [0.25, 0.3) is 5.91 Å². The molecule has 4 aromatic rings. The molecule has 13 heteroatoms. The van der Waals surface area contributed by atoms with E-state index in [1.165, 1.54) is 0 Å². The molecule has 2 amide bonds. The second kappa shape index (κ2) is 14.1. The van der Waals surface area contributed by atoms with E-state index >= 15 is 0 Å². The molecular weight excluding hydrogens is 644 g/mol. The number of nitrogens with one attached hydrogen (secondary N) is 2. The molecular formula is C36H41ClN8O4. The summed E-state index contributed by atoms with van der Waals surface area (Å²) in [7, 11) is 0. The highest BCUT2D eigenvalue weighted by molar-refractivity contribution is 6.33. The van der Waals surface area contributed by atoms with Crippen LogP contribution in [0, 0.1) is 12.3 Å². The van der Waals surface area contributed by atoms with Gasteiger partial charge in [-0.05, 0) is 62.5 Å². The van der Waals surface area contributed by atoms with E-state index in [2.05, 4.69) is 26.1 Å². The fourth-order valence-electron chi connectivity index (χ4n) is 7.57. The number of rotatable bonds is 6. The number of hydrogen-bond acceptors (Lipinski definition) is 8. The summed E-state index contributed by atoms with van der Waals surface area (Å²) in [6, 6.07) is 11.5. The number of nitrogens with two attached hydrogens (primary N) is 1. The van der Waals surface area contributed by atoms with Crippen molar-refractivity contribution < 1.29 is 14.3 Å². The number of aromatic nitrogens is 3. The third kappa shape index (κ3) is 6.71. The molecule has 3 fully saturated rings. The van der Waals surface area contributed by atoms with Gasteiger partial charge in [0.2, 0.25) is 0 Å². The number of likely N-dealkylation sites (tertiary alicyclic amines) is 1. The first-order chi connectivity index (χ1) is 23.8. The number of imidazole rings is 1. The van der Waals surface area contributed by atoms with Crippen LogP contribution in [-0.2, 0) is 16.0 Å². The number of nitrogens with zero attached hydrogens (tertiary/aromatic N) is 5. The number of halogens is 1. The minimum absolute atomic E-state index is 0.107. The molecule has 3 saturated heterocycles. The number of piperazine rings is 1. The lowest BCUT2D eigenvalue weighted by molar-refractivity contribution is -0.143. The maximum atomic E-state index is 14.0. The van der Waals surface area contributed by atoms with Crippen molar-refractivity contribution in [3.63, 3.8) is 0 Å². The van der Waals surface area contributed by atoms with Gasteiger partial charge in [-0.2, -0.15) is 0 Å². The highest BCUT2D eigenvalue weighted by Crippen LogP contribution is 2.29. The summed E-state index contributed by atoms with van der Waals surface area (Å²) in [6.45, 7) is 5.43. The molecule has 5 heterocycles. The summed E-state index contributed by atoms with van der Waals surface area (Å²) in [5.41, 5.74) is 9.54. The van der Waals surface area contributed by atoms with Crippen molar-refractivity contribution >= 4 is 51.2 Å². The minimum atomic E-state index is -1.07. The van der Waals surface area contributed by atoms with Crippen LogP contribution in [0.5, 0.6) is 0 Å². The second-order valence-electron chi connectivity index (χ2n) is 13.2. The van der Waals surface area contributed by atoms with Crippen molar-refractivity contribution in [2.75, 3.05) is 58.1 Å². The molecule has 256 valence electrons. The van der Waals surface area contributed by atoms with Gasteiger partial charge in [-0.1, -0.05) is 35.7 Å². The van der Waals surface area contributed by atoms with Crippen molar-refractivity contribution in [2.45, 2.75) is 50.3 Å². The summed E-state index contributed by atoms with van der Waals surface area (Å²) >= 11 is 6.39. The van der Waals surface area contributed by atoms with E-state index in [-0.39, 0.29) is 29.1 Å². The molecule has 0 radical (unpaired) electrons. The fraction of sp³-hybridized carbons (Fsp3) is 0.444. The number of hydrogen-bond donors (Lipinski definition) is 3. The zero-order valence-corrected chi connectivity index (χ0v) is 28.1. The third-order valence-corrected chi connectivity index (χ3v) is 10.6. The van der Waals surface area contributed by atoms with Crippen LogP contribution in [0.2, 0.25) is 5.02 Å². The fourth-order valence-corrected chi connectivity index (χ4v) is 7.82. The Hall–Kier alpha value is -4.57. The number of pyridine rings is 1. The van der Waals surface area contributed by atoms with Crippen molar-refractivity contribution in [1.29, 1.82) is 0 Å². The largest absolute Gasteiger partial charge is 0.436 e. The number of carbonyl (C=O) groups excluding carboxylic acids is 2. The Morgan fingerprint density at radius 2 is 1.76 bits per heavy atom. The summed E-state index contributed by atoms with van der Waals surface area (Å²) in [6.07, 6.45) is 9.16. The van der Waals surface area contributed by atoms with Crippen molar-refractivity contribution in [3.05, 3.63) is 69.2 Å². The van der Waals surface area contributed by atoms with Crippen molar-refractivity contribution in [3.8, 4) is 12.3 Å². The highest BCUT2D eigenvalue weighted by Gasteiger charge is 2.35. The molecule has 0 aliphatic carbocycles. The van der Waals surface area contributed by atoms with E-state index in [0.29, 0.717) is 61.9 Å². The van der Waals surface area contributed by atoms with Gasteiger partial charge in [0, 0.05) is 68.7 Å². The SMILES string of the molecule is C#Cc1cc(C[C@@H](OC(=O)N2CCC(n3c(=O)[nH]c4c5ccccc5ncc43)CC2)C(=O)N2CCN(C3CCNCC3)CC2)cc(Cl)c1N. The third-order valence-electron chi connectivity index (χ3n) is 10.3. The van der Waals surface area contributed by atoms with Crippen LogP contribution in [0.25, 0.3) is 21.9 Å². The molecule has 0 saturated carbocycles. The number of amides is 2. The van der Waals surface area contributed by atoms with Crippen LogP contribution in [0.4, 0.5) is 10.5 Å². The Balaban J connectivity index is 1.05. The van der Waals surface area contributed by atoms with Gasteiger partial charge >= 0.3 is 11.8 Å². The quantitative estimate of drug-likeness (QED) is 0.207. The van der Waals surface area contributed by atoms with Crippen LogP contribution in [0.1, 0.15) is 42.9 Å². The summed E-state index contributed by atoms with van der Waals surface area (Å²) < 4.78 is 7.78. The van der Waals surface area contributed by atoms with Gasteiger partial charge in [0.05, 0.1) is 33.5 Å². The first-order valence-electron chi connectivity index (χ1n) is 17.0. The number of para-hydroxylation sites is 1. The van der Waals surface area contributed by atoms with Crippen LogP contribution in [0.15, 0.2) is 47.4 Å². The van der Waals surface area contributed by atoms with Gasteiger partial charge in [0.15, 0.2) is 6.10 Å². The lowest BCUT2D eigenvalue weighted by Gasteiger charge is -2.41. The number of ether oxygens (including phenoxy) is 1. The number of H-pyrrole nitrogens is 1. The summed E-state index contributed by atoms with van der Waals surface area (Å²) in [5.74, 6) is 2.31. The molecule has 0 spiro atoms. The zero-order valence-electron chi connectivity index (χ0n) is 27.4. The number of benzene rings is 2. The standard InChI is InChI=1S/C36H41ClN8O4/c1-2-24-19-23(20-28(37)32(24)38)21-31(34(46)43-17-15-42(16-18-43)25-7-11-39-12-8-25)49-36(48)44-13-9-26(10-14-44)45-30-22-40-29-6-4-3-5-27(29)33(30)41-35(45)47/h1,3-6,19-20,22,25-26,31,39H,7-18,21,38H2,(H,41,47)/t31-/m1/s1. The van der Waals surface area contributed by atoms with Gasteiger partial charge < -0.3 is 30.6 Å². The van der Waals surface area contributed by atoms with E-state index in [0.717, 1.165) is 61.0 Å². The maximum absolute atomic E-state index is 14.0. The van der Waals surface area contributed by atoms with Crippen LogP contribution < -0.4 is 16.7 Å². The Kier molecular flexibility index (Phi) is 9.49. The summed E-state index contributed by atoms with van der Waals surface area (Å²) in [4.78, 5) is 54.3. The average molecular weight is 685 g/mol. The average Bonchev–Trinajstić information content (AvgIpc) is 3.49. The predicted molar refractivity (Wildman–Crippen MR) is 190 cm³/mol. The maximum Gasteiger partial charge on any atom is 0.410 e. The molecule has 2 aromatic carbocycles. The molecule has 12 nitrogen and oxygen atoms in total. The molecule has 1 atom stereocenters. The Morgan fingerprint density at radius 3 is 2.49 bits per heavy atom. The normalized spacial score (nSPS) is 18.9. The Bertz CT molecular complexity index is 1960. The molecule has 3 aliphatic rings. The van der Waals surface area contributed by atoms with Gasteiger partial charge in [-0.3, -0.25) is 19.2 Å². The highest BCUT2D eigenvalue weighted by atomic mass is 35.5. The molecule has 0 unspecified atom stereocenters. The van der Waals surface area contributed by atoms with E-state index in [4.69, 9.17) is 28.5 Å². The molecule has 2 aromatic heterocycles. The van der Waals surface area contributed by atoms with E-state index in [9.17, 15) is 14.4 Å². The predicted octanol–water partition coefficient (Wildman–Crippen LogP) is 3.38. The van der Waals surface area contributed by atoms with Crippen molar-refractivity contribution in [1.82, 2.24) is 34.6 Å². The van der Waals surface area contributed by atoms with E-state index in [1.807, 2.05) is 24.3 Å². The van der Waals surface area contributed by atoms with Crippen LogP contribution in [-0.4, -0.2) is 106 Å². The molecule has 49 heavy (non-hydrogen) atoms. The molecule has 0 bridgehead atoms. The van der Waals surface area contributed by atoms with Gasteiger partial charge in [-0.25, -0.2) is 9.59 Å². The lowest BCUT2D eigenvalue weighted by Crippen LogP contribution is -2.56. The van der Waals surface area contributed by atoms with Crippen LogP contribution >= 0.6 is 11.6 Å². The number of aromatic amines is 1. The van der Waals surface area contributed by atoms with Gasteiger partial charge in [-0.15, -0.1) is 6.42 Å². The zero-order chi connectivity index (χ0) is 34.1. The molecule has 4 N–H and O–H groups in total. The lowest BCUT2D eigenvalue weighted by atomic mass is 10.0. The number of anilines is 1. The second-order valence-corrected chi connectivity index (χ2v) is 13.6. The Morgan fingerprint density at radius 1 is 1.02 bits per heavy atom. The number of nitrogen functional groups attached to an aromatic ring is 1. The monoisotopic (exact) mass is 684 g/mol. The number of piperidine rings is 2. The Labute approximate surface area is 289 Å². The number of fused-ring (bicyclic) bond motifs is 3. The summed E-state index contributed by atoms with van der Waals surface area (Å²) in [5, 5.41) is 4.59. The van der Waals surface area contributed by atoms with Crippen molar-refractivity contribution in [2.24, 2.45) is 0 Å². The minimum Gasteiger partial charge on any atom is -0.436 e. The number of carbonyl (C=O) groups is 2. The van der Waals surface area contributed by atoms with E-state index < -0.39 is 12.2 Å². The molecule has 7 rings (SSSR count). The number of terminal acetylenes is 1. The topological polar surface area (TPSA) is 142 Å². The van der Waals surface area contributed by atoms with Gasteiger partial charge in [0.1, 0.15) is 0 Å². The first kappa shape index (κ1) is 33.0. The molecule has 3 aliphatic heterocycles. The van der Waals surface area contributed by atoms with Crippen LogP contribution in [0.3, 0.4) is 0 Å². The van der Waals surface area contributed by atoms with E-state index in [1.54, 1.807) is 32.7 Å².